The molecule has 0 fully saturated rings. The number of anilines is 1. The Labute approximate surface area is 154 Å². The third-order valence-electron chi connectivity index (χ3n) is 4.91. The monoisotopic (exact) mass is 344 g/mol. The van der Waals surface area contributed by atoms with Gasteiger partial charge in [-0.2, -0.15) is 0 Å². The van der Waals surface area contributed by atoms with Gasteiger partial charge in [-0.15, -0.1) is 5.10 Å². The molecule has 1 unspecified atom stereocenters. The maximum atomic E-state index is 4.78. The molecule has 1 N–H and O–H groups in total. The Kier molecular flexibility index (Phi) is 4.57. The van der Waals surface area contributed by atoms with Crippen LogP contribution in [0.3, 0.4) is 0 Å². The van der Waals surface area contributed by atoms with E-state index in [2.05, 4.69) is 66.6 Å². The summed E-state index contributed by atoms with van der Waals surface area (Å²) >= 11 is 0. The molecule has 2 heterocycles. The fourth-order valence-electron chi connectivity index (χ4n) is 3.32. The number of hydrogen-bond acceptors (Lipinski definition) is 3. The number of aromatic nitrogens is 3. The number of hydrogen-bond donors (Lipinski definition) is 1. The van der Waals surface area contributed by atoms with Gasteiger partial charge in [0.05, 0.1) is 11.9 Å². The molecule has 0 bridgehead atoms. The highest BCUT2D eigenvalue weighted by atomic mass is 15.3. The van der Waals surface area contributed by atoms with Crippen molar-refractivity contribution in [2.24, 2.45) is 0 Å². The van der Waals surface area contributed by atoms with Crippen LogP contribution in [0.15, 0.2) is 66.4 Å². The number of imidazole rings is 1. The van der Waals surface area contributed by atoms with Crippen LogP contribution in [-0.2, 0) is 6.42 Å². The van der Waals surface area contributed by atoms with E-state index in [9.17, 15) is 0 Å². The van der Waals surface area contributed by atoms with Crippen molar-refractivity contribution in [2.75, 3.05) is 5.32 Å². The first kappa shape index (κ1) is 16.6. The van der Waals surface area contributed by atoms with Crippen LogP contribution in [0, 0.1) is 0 Å². The van der Waals surface area contributed by atoms with Crippen molar-refractivity contribution in [3.05, 3.63) is 72.0 Å². The number of allylic oxidation sites excluding steroid dienone is 2. The Hall–Kier alpha value is -2.88. The molecule has 4 rings (SSSR count). The summed E-state index contributed by atoms with van der Waals surface area (Å²) in [4.78, 5) is 4.50. The van der Waals surface area contributed by atoms with Gasteiger partial charge in [0.25, 0.3) is 0 Å². The number of rotatable bonds is 5. The Morgan fingerprint density at radius 2 is 1.96 bits per heavy atom. The molecule has 1 aliphatic rings. The third kappa shape index (κ3) is 3.27. The molecule has 1 aromatic carbocycles. The average molecular weight is 344 g/mol. The normalized spacial score (nSPS) is 15.1. The molecule has 26 heavy (non-hydrogen) atoms. The Morgan fingerprint density at radius 1 is 1.12 bits per heavy atom. The Bertz CT molecular complexity index is 963. The first-order chi connectivity index (χ1) is 12.7. The average Bonchev–Trinajstić information content (AvgIpc) is 3.12. The minimum absolute atomic E-state index is 0.229. The maximum Gasteiger partial charge on any atom is 0.154 e. The van der Waals surface area contributed by atoms with E-state index >= 15 is 0 Å². The zero-order valence-electron chi connectivity index (χ0n) is 15.3. The summed E-state index contributed by atoms with van der Waals surface area (Å²) in [5.41, 5.74) is 5.65. The van der Waals surface area contributed by atoms with Crippen molar-refractivity contribution >= 4 is 11.5 Å². The minimum Gasteiger partial charge on any atom is -0.362 e. The lowest BCUT2D eigenvalue weighted by molar-refractivity contribution is 0.870. The van der Waals surface area contributed by atoms with Crippen LogP contribution >= 0.6 is 0 Å². The summed E-state index contributed by atoms with van der Waals surface area (Å²) < 4.78 is 1.92. The first-order valence-electron chi connectivity index (χ1n) is 9.32. The number of benzene rings is 1. The van der Waals surface area contributed by atoms with E-state index in [1.165, 1.54) is 11.1 Å². The third-order valence-corrected chi connectivity index (χ3v) is 4.91. The summed E-state index contributed by atoms with van der Waals surface area (Å²) in [7, 11) is 0. The molecule has 4 heteroatoms. The van der Waals surface area contributed by atoms with Crippen LogP contribution in [-0.4, -0.2) is 20.6 Å². The van der Waals surface area contributed by atoms with E-state index in [0.717, 1.165) is 42.0 Å². The van der Waals surface area contributed by atoms with Crippen molar-refractivity contribution in [3.8, 4) is 11.3 Å². The van der Waals surface area contributed by atoms with Gasteiger partial charge in [0, 0.05) is 11.6 Å². The van der Waals surface area contributed by atoms with Crippen LogP contribution < -0.4 is 5.32 Å². The van der Waals surface area contributed by atoms with Crippen LogP contribution in [0.5, 0.6) is 0 Å². The molecule has 0 spiro atoms. The van der Waals surface area contributed by atoms with Crippen molar-refractivity contribution in [3.63, 3.8) is 0 Å². The van der Waals surface area contributed by atoms with Crippen molar-refractivity contribution in [1.82, 2.24) is 14.6 Å². The van der Waals surface area contributed by atoms with Crippen molar-refractivity contribution in [2.45, 2.75) is 39.2 Å². The van der Waals surface area contributed by atoms with Gasteiger partial charge in [0.1, 0.15) is 5.82 Å². The number of fused-ring (bicyclic) bond motifs is 1. The predicted octanol–water partition coefficient (Wildman–Crippen LogP) is 5.04. The second kappa shape index (κ2) is 7.16. The molecule has 3 aromatic rings. The molecule has 0 amide bonds. The smallest absolute Gasteiger partial charge is 0.154 e. The SMILES string of the molecule is CCc1ccc(-c2cnc3ccc(NC(C)C4=CCCC=C4)nn23)cc1. The molecule has 0 radical (unpaired) electrons. The summed E-state index contributed by atoms with van der Waals surface area (Å²) in [6, 6.07) is 12.9. The van der Waals surface area contributed by atoms with Gasteiger partial charge in [-0.05, 0) is 49.5 Å². The van der Waals surface area contributed by atoms with E-state index in [4.69, 9.17) is 5.10 Å². The number of aryl methyl sites for hydroxylation is 1. The Morgan fingerprint density at radius 3 is 2.69 bits per heavy atom. The van der Waals surface area contributed by atoms with E-state index in [0.29, 0.717) is 0 Å². The van der Waals surface area contributed by atoms with E-state index in [-0.39, 0.29) is 6.04 Å². The van der Waals surface area contributed by atoms with Gasteiger partial charge in [0.15, 0.2) is 5.65 Å². The number of nitrogens with one attached hydrogen (secondary N) is 1. The van der Waals surface area contributed by atoms with E-state index in [1.807, 2.05) is 22.8 Å². The molecule has 4 nitrogen and oxygen atoms in total. The lowest BCUT2D eigenvalue weighted by atomic mass is 10.0. The highest BCUT2D eigenvalue weighted by Crippen LogP contribution is 2.22. The number of nitrogens with zero attached hydrogens (tertiary/aromatic N) is 3. The zero-order chi connectivity index (χ0) is 17.9. The van der Waals surface area contributed by atoms with E-state index < -0.39 is 0 Å². The van der Waals surface area contributed by atoms with Crippen molar-refractivity contribution < 1.29 is 0 Å². The van der Waals surface area contributed by atoms with Gasteiger partial charge < -0.3 is 5.32 Å². The highest BCUT2D eigenvalue weighted by molar-refractivity contribution is 5.64. The minimum atomic E-state index is 0.229. The Balaban J connectivity index is 1.63. The summed E-state index contributed by atoms with van der Waals surface area (Å²) in [6.45, 7) is 4.34. The van der Waals surface area contributed by atoms with Crippen LogP contribution in [0.4, 0.5) is 5.82 Å². The molecule has 0 saturated carbocycles. The summed E-state index contributed by atoms with van der Waals surface area (Å²) in [6.07, 6.45) is 11.9. The maximum absolute atomic E-state index is 4.78. The second-order valence-electron chi connectivity index (χ2n) is 6.73. The van der Waals surface area contributed by atoms with Gasteiger partial charge in [-0.3, -0.25) is 0 Å². The molecule has 132 valence electrons. The van der Waals surface area contributed by atoms with Gasteiger partial charge in [-0.1, -0.05) is 49.4 Å². The fraction of sp³-hybridized carbons (Fsp3) is 0.273. The van der Waals surface area contributed by atoms with Gasteiger partial charge in [0.2, 0.25) is 0 Å². The quantitative estimate of drug-likeness (QED) is 0.705. The standard InChI is InChI=1S/C22H24N4/c1-3-17-9-11-19(12-10-17)20-15-23-22-14-13-21(25-26(20)22)24-16(2)18-7-5-4-6-8-18/h5,7-16H,3-4,6H2,1-2H3,(H,24,25). The van der Waals surface area contributed by atoms with Crippen LogP contribution in [0.25, 0.3) is 16.9 Å². The van der Waals surface area contributed by atoms with Crippen LogP contribution in [0.1, 0.15) is 32.3 Å². The molecular formula is C22H24N4. The van der Waals surface area contributed by atoms with Crippen molar-refractivity contribution in [1.29, 1.82) is 0 Å². The van der Waals surface area contributed by atoms with Gasteiger partial charge in [-0.25, -0.2) is 9.50 Å². The molecule has 1 aliphatic carbocycles. The summed E-state index contributed by atoms with van der Waals surface area (Å²) in [5, 5.41) is 8.29. The second-order valence-corrected chi connectivity index (χ2v) is 6.73. The van der Waals surface area contributed by atoms with Crippen LogP contribution in [0.2, 0.25) is 0 Å². The molecule has 0 aliphatic heterocycles. The summed E-state index contributed by atoms with van der Waals surface area (Å²) in [5.74, 6) is 0.856. The molecule has 2 aromatic heterocycles. The molecule has 1 atom stereocenters. The lowest BCUT2D eigenvalue weighted by Gasteiger charge is -2.18. The molecule has 0 saturated heterocycles. The fourth-order valence-corrected chi connectivity index (χ4v) is 3.32. The molecular weight excluding hydrogens is 320 g/mol. The zero-order valence-corrected chi connectivity index (χ0v) is 15.3. The highest BCUT2D eigenvalue weighted by Gasteiger charge is 2.11. The van der Waals surface area contributed by atoms with E-state index in [1.54, 1.807) is 0 Å². The topological polar surface area (TPSA) is 42.2 Å². The first-order valence-corrected chi connectivity index (χ1v) is 9.32. The van der Waals surface area contributed by atoms with Gasteiger partial charge >= 0.3 is 0 Å². The predicted molar refractivity (Wildman–Crippen MR) is 107 cm³/mol. The lowest BCUT2D eigenvalue weighted by Crippen LogP contribution is -2.19. The largest absolute Gasteiger partial charge is 0.362 e.